The van der Waals surface area contributed by atoms with Crippen molar-refractivity contribution in [2.75, 3.05) is 5.73 Å². The lowest BCUT2D eigenvalue weighted by atomic mass is 9.98. The van der Waals surface area contributed by atoms with E-state index in [2.05, 4.69) is 4.98 Å². The van der Waals surface area contributed by atoms with Gasteiger partial charge < -0.3 is 5.73 Å². The van der Waals surface area contributed by atoms with Gasteiger partial charge in [0, 0.05) is 11.8 Å². The van der Waals surface area contributed by atoms with E-state index in [0.29, 0.717) is 16.7 Å². The zero-order chi connectivity index (χ0) is 14.8. The molecule has 0 aliphatic carbocycles. The number of nitrogens with two attached hydrogens (primary N) is 1. The van der Waals surface area contributed by atoms with Gasteiger partial charge in [0.2, 0.25) is 0 Å². The van der Waals surface area contributed by atoms with Crippen LogP contribution in [0.4, 0.5) is 19.0 Å². The Labute approximate surface area is 113 Å². The van der Waals surface area contributed by atoms with Crippen LogP contribution in [0.3, 0.4) is 0 Å². The standard InChI is InChI=1S/C14H10F3N3/c15-14(16,17)11-3-1-2-9(6-11)12-8-20-13(19)7-10(12)4-5-18/h1-3,6-8H,4H2,(H2,19,20). The van der Waals surface area contributed by atoms with E-state index in [9.17, 15) is 13.2 Å². The first-order valence-electron chi connectivity index (χ1n) is 5.71. The van der Waals surface area contributed by atoms with Crippen molar-refractivity contribution in [1.29, 1.82) is 5.26 Å². The van der Waals surface area contributed by atoms with Crippen LogP contribution in [-0.4, -0.2) is 4.98 Å². The number of hydrogen-bond acceptors (Lipinski definition) is 3. The molecule has 0 atom stereocenters. The molecule has 0 fully saturated rings. The predicted octanol–water partition coefficient (Wildman–Crippen LogP) is 3.42. The fourth-order valence-corrected chi connectivity index (χ4v) is 1.87. The number of benzene rings is 1. The van der Waals surface area contributed by atoms with E-state index in [1.807, 2.05) is 6.07 Å². The van der Waals surface area contributed by atoms with Gasteiger partial charge in [0.1, 0.15) is 5.82 Å². The minimum absolute atomic E-state index is 0.0539. The lowest BCUT2D eigenvalue weighted by Gasteiger charge is -2.11. The number of anilines is 1. The number of nitrogen functional groups attached to an aromatic ring is 1. The third-order valence-electron chi connectivity index (χ3n) is 2.78. The molecule has 0 amide bonds. The first kappa shape index (κ1) is 13.9. The van der Waals surface area contributed by atoms with E-state index >= 15 is 0 Å². The number of rotatable bonds is 2. The Morgan fingerprint density at radius 3 is 2.65 bits per heavy atom. The smallest absolute Gasteiger partial charge is 0.384 e. The number of pyridine rings is 1. The zero-order valence-electron chi connectivity index (χ0n) is 10.3. The average molecular weight is 277 g/mol. The summed E-state index contributed by atoms with van der Waals surface area (Å²) >= 11 is 0. The Hall–Kier alpha value is -2.55. The van der Waals surface area contributed by atoms with Gasteiger partial charge >= 0.3 is 6.18 Å². The summed E-state index contributed by atoms with van der Waals surface area (Å²) in [5.74, 6) is 0.228. The monoisotopic (exact) mass is 277 g/mol. The molecular formula is C14H10F3N3. The number of nitrogens with zero attached hydrogens (tertiary/aromatic N) is 2. The molecule has 0 saturated heterocycles. The SMILES string of the molecule is N#CCc1cc(N)ncc1-c1cccc(C(F)(F)F)c1. The van der Waals surface area contributed by atoms with Gasteiger partial charge in [-0.25, -0.2) is 4.98 Å². The predicted molar refractivity (Wildman–Crippen MR) is 68.4 cm³/mol. The maximum atomic E-state index is 12.7. The second-order valence-electron chi connectivity index (χ2n) is 4.18. The van der Waals surface area contributed by atoms with Crippen LogP contribution in [-0.2, 0) is 12.6 Å². The second-order valence-corrected chi connectivity index (χ2v) is 4.18. The first-order chi connectivity index (χ1) is 9.41. The highest BCUT2D eigenvalue weighted by Crippen LogP contribution is 2.33. The molecule has 6 heteroatoms. The summed E-state index contributed by atoms with van der Waals surface area (Å²) < 4.78 is 38.1. The van der Waals surface area contributed by atoms with Crippen molar-refractivity contribution < 1.29 is 13.2 Å². The quantitative estimate of drug-likeness (QED) is 0.914. The summed E-state index contributed by atoms with van der Waals surface area (Å²) in [6, 6.07) is 8.36. The third-order valence-corrected chi connectivity index (χ3v) is 2.78. The molecule has 2 N–H and O–H groups in total. The summed E-state index contributed by atoms with van der Waals surface area (Å²) in [5, 5.41) is 8.77. The van der Waals surface area contributed by atoms with Crippen molar-refractivity contribution in [3.63, 3.8) is 0 Å². The summed E-state index contributed by atoms with van der Waals surface area (Å²) in [5.41, 5.74) is 6.19. The number of alkyl halides is 3. The zero-order valence-corrected chi connectivity index (χ0v) is 10.3. The van der Waals surface area contributed by atoms with Crippen molar-refractivity contribution in [1.82, 2.24) is 4.98 Å². The van der Waals surface area contributed by atoms with Crippen LogP contribution in [0.1, 0.15) is 11.1 Å². The van der Waals surface area contributed by atoms with Gasteiger partial charge in [-0.3, -0.25) is 0 Å². The van der Waals surface area contributed by atoms with Gasteiger partial charge in [0.15, 0.2) is 0 Å². The molecule has 3 nitrogen and oxygen atoms in total. The Balaban J connectivity index is 2.55. The molecule has 0 radical (unpaired) electrons. The highest BCUT2D eigenvalue weighted by molar-refractivity contribution is 5.69. The van der Waals surface area contributed by atoms with Gasteiger partial charge in [-0.1, -0.05) is 12.1 Å². The van der Waals surface area contributed by atoms with E-state index in [4.69, 9.17) is 11.0 Å². The molecule has 0 spiro atoms. The molecule has 0 saturated carbocycles. The van der Waals surface area contributed by atoms with Crippen molar-refractivity contribution in [3.05, 3.63) is 47.7 Å². The number of hydrogen-bond donors (Lipinski definition) is 1. The Bertz CT molecular complexity index is 672. The third kappa shape index (κ3) is 2.88. The van der Waals surface area contributed by atoms with E-state index in [1.54, 1.807) is 6.07 Å². The van der Waals surface area contributed by atoms with Gasteiger partial charge in [-0.15, -0.1) is 0 Å². The van der Waals surface area contributed by atoms with E-state index in [0.717, 1.165) is 12.1 Å². The minimum Gasteiger partial charge on any atom is -0.384 e. The Morgan fingerprint density at radius 2 is 2.00 bits per heavy atom. The van der Waals surface area contributed by atoms with Crippen LogP contribution in [0.25, 0.3) is 11.1 Å². The summed E-state index contributed by atoms with van der Waals surface area (Å²) in [6.45, 7) is 0. The first-order valence-corrected chi connectivity index (χ1v) is 5.71. The largest absolute Gasteiger partial charge is 0.416 e. The fraction of sp³-hybridized carbons (Fsp3) is 0.143. The summed E-state index contributed by atoms with van der Waals surface area (Å²) in [4.78, 5) is 3.88. The molecule has 1 aromatic heterocycles. The maximum absolute atomic E-state index is 12.7. The van der Waals surface area contributed by atoms with Crippen LogP contribution in [0.15, 0.2) is 36.5 Å². The fourth-order valence-electron chi connectivity index (χ4n) is 1.87. The van der Waals surface area contributed by atoms with Gasteiger partial charge in [-0.2, -0.15) is 18.4 Å². The minimum atomic E-state index is -4.41. The van der Waals surface area contributed by atoms with E-state index in [1.165, 1.54) is 18.3 Å². The number of nitriles is 1. The molecule has 20 heavy (non-hydrogen) atoms. The Morgan fingerprint density at radius 1 is 1.25 bits per heavy atom. The van der Waals surface area contributed by atoms with Crippen LogP contribution in [0.5, 0.6) is 0 Å². The number of aromatic nitrogens is 1. The second kappa shape index (κ2) is 5.21. The van der Waals surface area contributed by atoms with Gasteiger partial charge in [0.05, 0.1) is 18.1 Å². The van der Waals surface area contributed by atoms with Gasteiger partial charge in [0.25, 0.3) is 0 Å². The van der Waals surface area contributed by atoms with Crippen molar-refractivity contribution in [2.45, 2.75) is 12.6 Å². The van der Waals surface area contributed by atoms with Crippen molar-refractivity contribution >= 4 is 5.82 Å². The summed E-state index contributed by atoms with van der Waals surface area (Å²) in [6.07, 6.45) is -2.97. The average Bonchev–Trinajstić information content (AvgIpc) is 2.38. The highest BCUT2D eigenvalue weighted by atomic mass is 19.4. The topological polar surface area (TPSA) is 62.7 Å². The molecule has 0 aliphatic heterocycles. The molecule has 0 aliphatic rings. The molecule has 2 rings (SSSR count). The lowest BCUT2D eigenvalue weighted by molar-refractivity contribution is -0.137. The maximum Gasteiger partial charge on any atom is 0.416 e. The van der Waals surface area contributed by atoms with E-state index < -0.39 is 11.7 Å². The Kier molecular flexibility index (Phi) is 3.61. The van der Waals surface area contributed by atoms with Crippen LogP contribution >= 0.6 is 0 Å². The molecule has 2 aromatic rings. The van der Waals surface area contributed by atoms with Crippen molar-refractivity contribution in [3.8, 4) is 17.2 Å². The highest BCUT2D eigenvalue weighted by Gasteiger charge is 2.30. The summed E-state index contributed by atoms with van der Waals surface area (Å²) in [7, 11) is 0. The van der Waals surface area contributed by atoms with Gasteiger partial charge in [-0.05, 0) is 29.3 Å². The molecule has 0 bridgehead atoms. The normalized spacial score (nSPS) is 11.1. The van der Waals surface area contributed by atoms with Crippen molar-refractivity contribution in [2.24, 2.45) is 0 Å². The number of halogens is 3. The van der Waals surface area contributed by atoms with Crippen LogP contribution in [0, 0.1) is 11.3 Å². The lowest BCUT2D eigenvalue weighted by Crippen LogP contribution is -2.05. The van der Waals surface area contributed by atoms with Crippen LogP contribution < -0.4 is 5.73 Å². The van der Waals surface area contributed by atoms with E-state index in [-0.39, 0.29) is 12.2 Å². The molecule has 1 aromatic carbocycles. The molecule has 0 unspecified atom stereocenters. The molecule has 1 heterocycles. The molecule has 102 valence electrons. The van der Waals surface area contributed by atoms with Crippen LogP contribution in [0.2, 0.25) is 0 Å². The molecular weight excluding hydrogens is 267 g/mol.